The molecule has 5 nitrogen and oxygen atoms in total. The van der Waals surface area contributed by atoms with Gasteiger partial charge in [0, 0.05) is 4.88 Å². The number of nitrogens with zero attached hydrogens (tertiary/aromatic N) is 2. The summed E-state index contributed by atoms with van der Waals surface area (Å²) in [6.07, 6.45) is 0. The standard InChI is InChI=1S/C10H8ClN3O2S/c11-9-4-7(14(15)16)5-10(13-9)12-6-8-2-1-3-17-8/h1-5H,6H2,(H,12,13). The summed E-state index contributed by atoms with van der Waals surface area (Å²) in [7, 11) is 0. The molecule has 0 aliphatic carbocycles. The van der Waals surface area contributed by atoms with Gasteiger partial charge in [-0.2, -0.15) is 0 Å². The first-order chi connectivity index (χ1) is 8.15. The summed E-state index contributed by atoms with van der Waals surface area (Å²) in [5, 5.41) is 15.7. The number of nitrogens with one attached hydrogen (secondary N) is 1. The second-order valence-electron chi connectivity index (χ2n) is 3.22. The third kappa shape index (κ3) is 3.15. The van der Waals surface area contributed by atoms with Crippen LogP contribution in [-0.4, -0.2) is 9.91 Å². The number of halogens is 1. The van der Waals surface area contributed by atoms with Crippen LogP contribution in [0.25, 0.3) is 0 Å². The fourth-order valence-corrected chi connectivity index (χ4v) is 2.12. The Morgan fingerprint density at radius 3 is 3.00 bits per heavy atom. The minimum absolute atomic E-state index is 0.0707. The van der Waals surface area contributed by atoms with Gasteiger partial charge in [-0.3, -0.25) is 10.1 Å². The van der Waals surface area contributed by atoms with E-state index in [1.165, 1.54) is 12.1 Å². The lowest BCUT2D eigenvalue weighted by molar-refractivity contribution is -0.384. The summed E-state index contributed by atoms with van der Waals surface area (Å²) in [4.78, 5) is 15.2. The fraction of sp³-hybridized carbons (Fsp3) is 0.100. The number of nitro groups is 1. The van der Waals surface area contributed by atoms with Crippen LogP contribution in [0.2, 0.25) is 5.15 Å². The molecule has 2 heterocycles. The van der Waals surface area contributed by atoms with Crippen LogP contribution in [0.1, 0.15) is 4.88 Å². The van der Waals surface area contributed by atoms with Crippen molar-refractivity contribution in [2.45, 2.75) is 6.54 Å². The SMILES string of the molecule is O=[N+]([O-])c1cc(Cl)nc(NCc2cccs2)c1. The monoisotopic (exact) mass is 269 g/mol. The van der Waals surface area contributed by atoms with Crippen LogP contribution < -0.4 is 5.32 Å². The van der Waals surface area contributed by atoms with Gasteiger partial charge in [0.25, 0.3) is 5.69 Å². The maximum Gasteiger partial charge on any atom is 0.276 e. The van der Waals surface area contributed by atoms with Crippen molar-refractivity contribution in [3.05, 3.63) is 49.8 Å². The molecule has 0 atom stereocenters. The zero-order chi connectivity index (χ0) is 12.3. The molecule has 2 aromatic heterocycles. The van der Waals surface area contributed by atoms with E-state index in [2.05, 4.69) is 10.3 Å². The van der Waals surface area contributed by atoms with Gasteiger partial charge in [0.15, 0.2) is 0 Å². The molecule has 0 fully saturated rings. The van der Waals surface area contributed by atoms with Crippen molar-refractivity contribution >= 4 is 34.4 Å². The van der Waals surface area contributed by atoms with Crippen LogP contribution in [-0.2, 0) is 6.54 Å². The van der Waals surface area contributed by atoms with Crippen LogP contribution in [0.5, 0.6) is 0 Å². The van der Waals surface area contributed by atoms with Crippen molar-refractivity contribution in [2.75, 3.05) is 5.32 Å². The Labute approximate surface area is 106 Å². The molecule has 17 heavy (non-hydrogen) atoms. The molecule has 88 valence electrons. The molecule has 0 aliphatic heterocycles. The lowest BCUT2D eigenvalue weighted by Crippen LogP contribution is -2.01. The lowest BCUT2D eigenvalue weighted by atomic mass is 10.4. The number of anilines is 1. The second kappa shape index (κ2) is 5.11. The van der Waals surface area contributed by atoms with E-state index in [0.717, 1.165) is 4.88 Å². The van der Waals surface area contributed by atoms with Gasteiger partial charge in [0.05, 0.1) is 23.6 Å². The normalized spacial score (nSPS) is 10.2. The molecule has 0 aromatic carbocycles. The van der Waals surface area contributed by atoms with Gasteiger partial charge in [-0.15, -0.1) is 11.3 Å². The molecule has 0 aliphatic rings. The molecular formula is C10H8ClN3O2S. The Morgan fingerprint density at radius 1 is 1.53 bits per heavy atom. The molecule has 0 saturated carbocycles. The topological polar surface area (TPSA) is 68.1 Å². The predicted octanol–water partition coefficient (Wildman–Crippen LogP) is 3.32. The zero-order valence-electron chi connectivity index (χ0n) is 8.59. The average Bonchev–Trinajstić information content (AvgIpc) is 2.78. The first-order valence-corrected chi connectivity index (χ1v) is 5.99. The third-order valence-electron chi connectivity index (χ3n) is 2.01. The second-order valence-corrected chi connectivity index (χ2v) is 4.64. The van der Waals surface area contributed by atoms with E-state index in [1.807, 2.05) is 17.5 Å². The molecule has 2 rings (SSSR count). The number of hydrogen-bond acceptors (Lipinski definition) is 5. The first kappa shape index (κ1) is 11.8. The van der Waals surface area contributed by atoms with Crippen molar-refractivity contribution in [1.29, 1.82) is 0 Å². The molecule has 0 spiro atoms. The fourth-order valence-electron chi connectivity index (χ4n) is 1.27. The minimum Gasteiger partial charge on any atom is -0.365 e. The van der Waals surface area contributed by atoms with Gasteiger partial charge < -0.3 is 5.32 Å². The summed E-state index contributed by atoms with van der Waals surface area (Å²) >= 11 is 7.30. The van der Waals surface area contributed by atoms with Crippen molar-refractivity contribution in [1.82, 2.24) is 4.98 Å². The molecular weight excluding hydrogens is 262 g/mol. The Morgan fingerprint density at radius 2 is 2.35 bits per heavy atom. The third-order valence-corrected chi connectivity index (χ3v) is 3.08. The summed E-state index contributed by atoms with van der Waals surface area (Å²) in [5.41, 5.74) is -0.0707. The molecule has 0 saturated heterocycles. The van der Waals surface area contributed by atoms with E-state index in [4.69, 9.17) is 11.6 Å². The van der Waals surface area contributed by atoms with Crippen LogP contribution in [0, 0.1) is 10.1 Å². The van der Waals surface area contributed by atoms with E-state index < -0.39 is 4.92 Å². The first-order valence-electron chi connectivity index (χ1n) is 4.73. The average molecular weight is 270 g/mol. The Kier molecular flexibility index (Phi) is 3.55. The summed E-state index contributed by atoms with van der Waals surface area (Å²) in [5.74, 6) is 0.401. The van der Waals surface area contributed by atoms with Crippen LogP contribution in [0.3, 0.4) is 0 Å². The molecule has 7 heteroatoms. The quantitative estimate of drug-likeness (QED) is 0.525. The smallest absolute Gasteiger partial charge is 0.276 e. The molecule has 2 aromatic rings. The van der Waals surface area contributed by atoms with Gasteiger partial charge in [-0.05, 0) is 11.4 Å². The van der Waals surface area contributed by atoms with E-state index in [9.17, 15) is 10.1 Å². The van der Waals surface area contributed by atoms with Gasteiger partial charge in [0.2, 0.25) is 0 Å². The maximum atomic E-state index is 10.6. The molecule has 0 bridgehead atoms. The summed E-state index contributed by atoms with van der Waals surface area (Å²) in [6, 6.07) is 6.49. The lowest BCUT2D eigenvalue weighted by Gasteiger charge is -2.04. The molecule has 0 unspecified atom stereocenters. The zero-order valence-corrected chi connectivity index (χ0v) is 10.2. The van der Waals surface area contributed by atoms with E-state index in [1.54, 1.807) is 11.3 Å². The highest BCUT2D eigenvalue weighted by Gasteiger charge is 2.09. The van der Waals surface area contributed by atoms with Crippen LogP contribution >= 0.6 is 22.9 Å². The van der Waals surface area contributed by atoms with Gasteiger partial charge in [0.1, 0.15) is 11.0 Å². The van der Waals surface area contributed by atoms with Gasteiger partial charge >= 0.3 is 0 Å². The van der Waals surface area contributed by atoms with Crippen LogP contribution in [0.15, 0.2) is 29.6 Å². The molecule has 1 N–H and O–H groups in total. The van der Waals surface area contributed by atoms with E-state index >= 15 is 0 Å². The van der Waals surface area contributed by atoms with E-state index in [-0.39, 0.29) is 10.8 Å². The minimum atomic E-state index is -0.496. The van der Waals surface area contributed by atoms with Crippen molar-refractivity contribution in [3.8, 4) is 0 Å². The number of hydrogen-bond donors (Lipinski definition) is 1. The van der Waals surface area contributed by atoms with Crippen LogP contribution in [0.4, 0.5) is 11.5 Å². The largest absolute Gasteiger partial charge is 0.365 e. The number of rotatable bonds is 4. The highest BCUT2D eigenvalue weighted by Crippen LogP contribution is 2.21. The van der Waals surface area contributed by atoms with Crippen molar-refractivity contribution in [2.24, 2.45) is 0 Å². The number of thiophene rings is 1. The van der Waals surface area contributed by atoms with Gasteiger partial charge in [-0.1, -0.05) is 17.7 Å². The predicted molar refractivity (Wildman–Crippen MR) is 67.5 cm³/mol. The molecule has 0 radical (unpaired) electrons. The van der Waals surface area contributed by atoms with E-state index in [0.29, 0.717) is 12.4 Å². The molecule has 0 amide bonds. The Balaban J connectivity index is 2.13. The number of pyridine rings is 1. The van der Waals surface area contributed by atoms with Crippen molar-refractivity contribution < 1.29 is 4.92 Å². The number of aromatic nitrogens is 1. The van der Waals surface area contributed by atoms with Crippen molar-refractivity contribution in [3.63, 3.8) is 0 Å². The Hall–Kier alpha value is -1.66. The van der Waals surface area contributed by atoms with Gasteiger partial charge in [-0.25, -0.2) is 4.98 Å². The highest BCUT2D eigenvalue weighted by atomic mass is 35.5. The Bertz CT molecular complexity index is 530. The highest BCUT2D eigenvalue weighted by molar-refractivity contribution is 7.09. The summed E-state index contributed by atoms with van der Waals surface area (Å²) < 4.78 is 0. The summed E-state index contributed by atoms with van der Waals surface area (Å²) in [6.45, 7) is 0.572. The maximum absolute atomic E-state index is 10.6.